The lowest BCUT2D eigenvalue weighted by Gasteiger charge is -2.11. The zero-order chi connectivity index (χ0) is 11.1. The average molecular weight is 206 g/mol. The number of carbonyl (C=O) groups is 1. The van der Waals surface area contributed by atoms with E-state index in [2.05, 4.69) is 0 Å². The van der Waals surface area contributed by atoms with Crippen LogP contribution in [0.1, 0.15) is 18.9 Å². The zero-order valence-corrected chi connectivity index (χ0v) is 8.86. The van der Waals surface area contributed by atoms with Crippen molar-refractivity contribution in [3.63, 3.8) is 0 Å². The normalized spacial score (nSPS) is 28.5. The van der Waals surface area contributed by atoms with Crippen molar-refractivity contribution in [3.05, 3.63) is 29.8 Å². The molecular weight excluding hydrogens is 192 g/mol. The van der Waals surface area contributed by atoms with Crippen molar-refractivity contribution >= 4 is 5.97 Å². The van der Waals surface area contributed by atoms with Crippen molar-refractivity contribution in [2.75, 3.05) is 7.11 Å². The van der Waals surface area contributed by atoms with Gasteiger partial charge in [0.05, 0.1) is 13.0 Å². The predicted octanol–water partition coefficient (Wildman–Crippen LogP) is 2.06. The lowest BCUT2D eigenvalue weighted by atomic mass is 9.95. The predicted molar refractivity (Wildman–Crippen MR) is 56.1 cm³/mol. The summed E-state index contributed by atoms with van der Waals surface area (Å²) in [5.41, 5.74) is 0.842. The second kappa shape index (κ2) is 3.26. The fourth-order valence-electron chi connectivity index (χ4n) is 2.02. The van der Waals surface area contributed by atoms with Crippen molar-refractivity contribution in [1.29, 1.82) is 0 Å². The van der Waals surface area contributed by atoms with Gasteiger partial charge >= 0.3 is 5.97 Å². The fourth-order valence-corrected chi connectivity index (χ4v) is 2.02. The van der Waals surface area contributed by atoms with Crippen LogP contribution in [-0.4, -0.2) is 18.2 Å². The standard InChI is InChI=1S/C12H14O3/c1-12(7-10(12)11(13)14)8-4-3-5-9(6-8)15-2/h3-6,10H,7H2,1-2H3,(H,13,14)/t10-,12?/m0/s1. The van der Waals surface area contributed by atoms with Gasteiger partial charge < -0.3 is 9.84 Å². The molecule has 1 aromatic carbocycles. The van der Waals surface area contributed by atoms with Crippen LogP contribution in [-0.2, 0) is 10.2 Å². The molecular formula is C12H14O3. The highest BCUT2D eigenvalue weighted by Gasteiger charge is 2.55. The quantitative estimate of drug-likeness (QED) is 0.823. The Labute approximate surface area is 88.7 Å². The summed E-state index contributed by atoms with van der Waals surface area (Å²) < 4.78 is 5.13. The Morgan fingerprint density at radius 3 is 2.87 bits per heavy atom. The highest BCUT2D eigenvalue weighted by atomic mass is 16.5. The first-order chi connectivity index (χ1) is 7.08. The minimum Gasteiger partial charge on any atom is -0.497 e. The highest BCUT2D eigenvalue weighted by molar-refractivity contribution is 5.77. The summed E-state index contributed by atoms with van der Waals surface area (Å²) in [7, 11) is 1.61. The Bertz CT molecular complexity index is 400. The van der Waals surface area contributed by atoms with Gasteiger partial charge in [-0.05, 0) is 24.1 Å². The Morgan fingerprint density at radius 2 is 2.33 bits per heavy atom. The van der Waals surface area contributed by atoms with Crippen molar-refractivity contribution in [1.82, 2.24) is 0 Å². The molecule has 2 atom stereocenters. The third kappa shape index (κ3) is 1.58. The molecule has 0 amide bonds. The molecule has 3 nitrogen and oxygen atoms in total. The molecule has 1 N–H and O–H groups in total. The summed E-state index contributed by atoms with van der Waals surface area (Å²) in [5.74, 6) is -0.172. The maximum atomic E-state index is 10.9. The van der Waals surface area contributed by atoms with Gasteiger partial charge in [0.25, 0.3) is 0 Å². The molecule has 1 unspecified atom stereocenters. The van der Waals surface area contributed by atoms with E-state index in [0.29, 0.717) is 0 Å². The SMILES string of the molecule is COc1cccc(C2(C)C[C@H]2C(=O)O)c1. The number of benzene rings is 1. The number of ether oxygens (including phenoxy) is 1. The van der Waals surface area contributed by atoms with Crippen molar-refractivity contribution in [2.45, 2.75) is 18.8 Å². The zero-order valence-electron chi connectivity index (χ0n) is 8.86. The van der Waals surface area contributed by atoms with Crippen LogP contribution in [0, 0.1) is 5.92 Å². The van der Waals surface area contributed by atoms with E-state index in [4.69, 9.17) is 9.84 Å². The van der Waals surface area contributed by atoms with Crippen molar-refractivity contribution < 1.29 is 14.6 Å². The van der Waals surface area contributed by atoms with Gasteiger partial charge in [0.1, 0.15) is 5.75 Å². The second-order valence-electron chi connectivity index (χ2n) is 4.24. The second-order valence-corrected chi connectivity index (χ2v) is 4.24. The molecule has 15 heavy (non-hydrogen) atoms. The van der Waals surface area contributed by atoms with E-state index in [9.17, 15) is 4.79 Å². The summed E-state index contributed by atoms with van der Waals surface area (Å²) in [6.07, 6.45) is 0.718. The molecule has 1 aliphatic rings. The number of carboxylic acids is 1. The summed E-state index contributed by atoms with van der Waals surface area (Å²) in [6.45, 7) is 1.99. The lowest BCUT2D eigenvalue weighted by Crippen LogP contribution is -2.10. The van der Waals surface area contributed by atoms with Gasteiger partial charge in [-0.1, -0.05) is 19.1 Å². The van der Waals surface area contributed by atoms with Crippen molar-refractivity contribution in [2.24, 2.45) is 5.92 Å². The first kappa shape index (κ1) is 10.0. The number of methoxy groups -OCH3 is 1. The minimum atomic E-state index is -0.708. The molecule has 0 bridgehead atoms. The maximum absolute atomic E-state index is 10.9. The van der Waals surface area contributed by atoms with Crippen LogP contribution < -0.4 is 4.74 Å². The molecule has 80 valence electrons. The highest BCUT2D eigenvalue weighted by Crippen LogP contribution is 2.54. The maximum Gasteiger partial charge on any atom is 0.307 e. The Kier molecular flexibility index (Phi) is 2.18. The van der Waals surface area contributed by atoms with E-state index in [1.807, 2.05) is 31.2 Å². The molecule has 1 aromatic rings. The van der Waals surface area contributed by atoms with Crippen LogP contribution in [0.15, 0.2) is 24.3 Å². The van der Waals surface area contributed by atoms with Gasteiger partial charge in [-0.2, -0.15) is 0 Å². The molecule has 1 aliphatic carbocycles. The van der Waals surface area contributed by atoms with Gasteiger partial charge in [0, 0.05) is 5.41 Å². The Hall–Kier alpha value is -1.51. The van der Waals surface area contributed by atoms with Gasteiger partial charge in [-0.15, -0.1) is 0 Å². The van der Waals surface area contributed by atoms with Crippen LogP contribution in [0.2, 0.25) is 0 Å². The van der Waals surface area contributed by atoms with E-state index in [0.717, 1.165) is 17.7 Å². The average Bonchev–Trinajstić information content (AvgIpc) is 2.93. The summed E-state index contributed by atoms with van der Waals surface area (Å²) in [4.78, 5) is 10.9. The molecule has 0 aromatic heterocycles. The van der Waals surface area contributed by atoms with Crippen LogP contribution >= 0.6 is 0 Å². The third-order valence-electron chi connectivity index (χ3n) is 3.26. The number of rotatable bonds is 3. The Balaban J connectivity index is 2.27. The van der Waals surface area contributed by atoms with Crippen LogP contribution in [0.25, 0.3) is 0 Å². The minimum absolute atomic E-state index is 0.208. The van der Waals surface area contributed by atoms with E-state index in [1.54, 1.807) is 7.11 Å². The van der Waals surface area contributed by atoms with E-state index in [-0.39, 0.29) is 11.3 Å². The van der Waals surface area contributed by atoms with E-state index >= 15 is 0 Å². The summed E-state index contributed by atoms with van der Waals surface area (Å²) >= 11 is 0. The topological polar surface area (TPSA) is 46.5 Å². The number of carboxylic acid groups (broad SMARTS) is 1. The van der Waals surface area contributed by atoms with E-state index in [1.165, 1.54) is 0 Å². The third-order valence-corrected chi connectivity index (χ3v) is 3.26. The monoisotopic (exact) mass is 206 g/mol. The van der Waals surface area contributed by atoms with Crippen LogP contribution in [0.5, 0.6) is 5.75 Å². The smallest absolute Gasteiger partial charge is 0.307 e. The van der Waals surface area contributed by atoms with E-state index < -0.39 is 5.97 Å². The Morgan fingerprint density at radius 1 is 1.60 bits per heavy atom. The van der Waals surface area contributed by atoms with Gasteiger partial charge in [-0.3, -0.25) is 4.79 Å². The summed E-state index contributed by atoms with van der Waals surface area (Å²) in [6, 6.07) is 7.65. The van der Waals surface area contributed by atoms with Crippen LogP contribution in [0.4, 0.5) is 0 Å². The molecule has 1 fully saturated rings. The van der Waals surface area contributed by atoms with Gasteiger partial charge in [-0.25, -0.2) is 0 Å². The first-order valence-corrected chi connectivity index (χ1v) is 4.95. The van der Waals surface area contributed by atoms with Gasteiger partial charge in [0.2, 0.25) is 0 Å². The fraction of sp³-hybridized carbons (Fsp3) is 0.417. The molecule has 0 radical (unpaired) electrons. The number of hydrogen-bond acceptors (Lipinski definition) is 2. The van der Waals surface area contributed by atoms with Gasteiger partial charge in [0.15, 0.2) is 0 Å². The lowest BCUT2D eigenvalue weighted by molar-refractivity contribution is -0.138. The van der Waals surface area contributed by atoms with Crippen molar-refractivity contribution in [3.8, 4) is 5.75 Å². The van der Waals surface area contributed by atoms with Crippen LogP contribution in [0.3, 0.4) is 0 Å². The molecule has 0 saturated heterocycles. The molecule has 1 saturated carbocycles. The first-order valence-electron chi connectivity index (χ1n) is 4.95. The molecule has 0 aliphatic heterocycles. The number of aliphatic carboxylic acids is 1. The number of hydrogen-bond donors (Lipinski definition) is 1. The molecule has 0 spiro atoms. The molecule has 3 heteroatoms. The molecule has 2 rings (SSSR count). The largest absolute Gasteiger partial charge is 0.497 e. The molecule has 0 heterocycles. The summed E-state index contributed by atoms with van der Waals surface area (Å²) in [5, 5.41) is 8.95.